The van der Waals surface area contributed by atoms with E-state index in [9.17, 15) is 4.79 Å². The van der Waals surface area contributed by atoms with Gasteiger partial charge in [-0.25, -0.2) is 0 Å². The molecule has 0 aliphatic carbocycles. The summed E-state index contributed by atoms with van der Waals surface area (Å²) in [6.07, 6.45) is 0.222. The number of aliphatic hydroxyl groups is 2. The van der Waals surface area contributed by atoms with Crippen molar-refractivity contribution in [2.75, 3.05) is 26.4 Å². The van der Waals surface area contributed by atoms with Crippen LogP contribution in [0.15, 0.2) is 0 Å². The number of rotatable bonds is 4. The van der Waals surface area contributed by atoms with E-state index < -0.39 is 5.97 Å². The molecule has 0 heterocycles. The van der Waals surface area contributed by atoms with E-state index in [2.05, 4.69) is 0 Å². The van der Waals surface area contributed by atoms with Crippen LogP contribution < -0.4 is 0 Å². The smallest absolute Gasteiger partial charge is 0.303 e. The van der Waals surface area contributed by atoms with Crippen LogP contribution in [0.1, 0.15) is 27.2 Å². The highest BCUT2D eigenvalue weighted by Gasteiger charge is 1.80. The van der Waals surface area contributed by atoms with Gasteiger partial charge in [0.05, 0.1) is 13.2 Å². The van der Waals surface area contributed by atoms with Crippen LogP contribution in [0.2, 0.25) is 0 Å². The lowest BCUT2D eigenvalue weighted by molar-refractivity contribution is -0.136. The second-order valence-corrected chi connectivity index (χ2v) is 1.98. The zero-order valence-electron chi connectivity index (χ0n) is 9.19. The Morgan fingerprint density at radius 2 is 1.36 bits per heavy atom. The van der Waals surface area contributed by atoms with E-state index in [4.69, 9.17) is 20.1 Å². The quantitative estimate of drug-likeness (QED) is 0.628. The topological polar surface area (TPSA) is 87.0 Å². The molecule has 0 aliphatic heterocycles. The summed E-state index contributed by atoms with van der Waals surface area (Å²) in [5, 5.41) is 23.0. The molecular formula is C9H22O5. The van der Waals surface area contributed by atoms with Gasteiger partial charge in [-0.05, 0) is 13.8 Å². The SMILES string of the molecule is CCC(=O)O.CCOCC.OCCO. The van der Waals surface area contributed by atoms with Crippen LogP contribution in [-0.4, -0.2) is 47.7 Å². The number of aliphatic hydroxyl groups excluding tert-OH is 2. The third kappa shape index (κ3) is 64.3. The summed E-state index contributed by atoms with van der Waals surface area (Å²) in [6.45, 7) is 7.02. The first kappa shape index (κ1) is 19.0. The van der Waals surface area contributed by atoms with E-state index in [1.807, 2.05) is 13.8 Å². The summed E-state index contributed by atoms with van der Waals surface area (Å²) in [4.78, 5) is 9.37. The van der Waals surface area contributed by atoms with Crippen LogP contribution in [0.3, 0.4) is 0 Å². The lowest BCUT2D eigenvalue weighted by Crippen LogP contribution is -1.86. The fraction of sp³-hybridized carbons (Fsp3) is 0.889. The fourth-order valence-electron chi connectivity index (χ4n) is 0.204. The highest BCUT2D eigenvalue weighted by atomic mass is 16.5. The number of aliphatic carboxylic acids is 1. The van der Waals surface area contributed by atoms with E-state index >= 15 is 0 Å². The van der Waals surface area contributed by atoms with Gasteiger partial charge < -0.3 is 20.1 Å². The summed E-state index contributed by atoms with van der Waals surface area (Å²) in [6, 6.07) is 0. The highest BCUT2D eigenvalue weighted by molar-refractivity contribution is 5.66. The molecule has 0 rings (SSSR count). The molecule has 0 saturated heterocycles. The Balaban J connectivity index is -0.000000131. The van der Waals surface area contributed by atoms with Gasteiger partial charge in [-0.15, -0.1) is 0 Å². The largest absolute Gasteiger partial charge is 0.481 e. The maximum Gasteiger partial charge on any atom is 0.303 e. The number of hydrogen-bond acceptors (Lipinski definition) is 4. The number of carboxylic acid groups (broad SMARTS) is 1. The number of carbonyl (C=O) groups is 1. The Morgan fingerprint density at radius 1 is 1.07 bits per heavy atom. The molecule has 0 aliphatic rings. The fourth-order valence-corrected chi connectivity index (χ4v) is 0.204. The molecule has 0 aromatic carbocycles. The highest BCUT2D eigenvalue weighted by Crippen LogP contribution is 1.67. The average Bonchev–Trinajstić information content (AvgIpc) is 2.20. The molecule has 0 aromatic rings. The molecule has 14 heavy (non-hydrogen) atoms. The third-order valence-corrected chi connectivity index (χ3v) is 0.811. The predicted molar refractivity (Wildman–Crippen MR) is 54.3 cm³/mol. The lowest BCUT2D eigenvalue weighted by atomic mass is 10.5. The van der Waals surface area contributed by atoms with Crippen LogP contribution in [0.25, 0.3) is 0 Å². The van der Waals surface area contributed by atoms with Gasteiger partial charge in [0.15, 0.2) is 0 Å². The molecule has 0 bridgehead atoms. The minimum absolute atomic E-state index is 0.125. The van der Waals surface area contributed by atoms with Crippen molar-refractivity contribution in [1.82, 2.24) is 0 Å². The minimum atomic E-state index is -0.745. The van der Waals surface area contributed by atoms with Gasteiger partial charge in [0.2, 0.25) is 0 Å². The van der Waals surface area contributed by atoms with Gasteiger partial charge in [0.1, 0.15) is 0 Å². The molecule has 0 spiro atoms. The monoisotopic (exact) mass is 210 g/mol. The minimum Gasteiger partial charge on any atom is -0.481 e. The number of carboxylic acids is 1. The van der Waals surface area contributed by atoms with Crippen molar-refractivity contribution < 1.29 is 24.9 Å². The van der Waals surface area contributed by atoms with Crippen molar-refractivity contribution in [3.63, 3.8) is 0 Å². The van der Waals surface area contributed by atoms with E-state index in [0.717, 1.165) is 13.2 Å². The van der Waals surface area contributed by atoms with Crippen molar-refractivity contribution in [1.29, 1.82) is 0 Å². The van der Waals surface area contributed by atoms with Gasteiger partial charge in [0, 0.05) is 19.6 Å². The Kier molecular flexibility index (Phi) is 31.0. The second kappa shape index (κ2) is 22.8. The summed E-state index contributed by atoms with van der Waals surface area (Å²) >= 11 is 0. The van der Waals surface area contributed by atoms with Crippen LogP contribution in [0.4, 0.5) is 0 Å². The molecule has 88 valence electrons. The Morgan fingerprint density at radius 3 is 1.36 bits per heavy atom. The van der Waals surface area contributed by atoms with Crippen molar-refractivity contribution in [3.8, 4) is 0 Å². The van der Waals surface area contributed by atoms with Gasteiger partial charge in [-0.3, -0.25) is 4.79 Å². The molecule has 0 amide bonds. The number of ether oxygens (including phenoxy) is 1. The van der Waals surface area contributed by atoms with Crippen LogP contribution in [0, 0.1) is 0 Å². The first-order valence-electron chi connectivity index (χ1n) is 4.61. The van der Waals surface area contributed by atoms with E-state index in [1.54, 1.807) is 6.92 Å². The standard InChI is InChI=1S/C4H10O.C3H6O2.C2H6O2/c1-3-5-4-2;1-2-3(4)5;3-1-2-4/h3-4H2,1-2H3;2H2,1H3,(H,4,5);3-4H,1-2H2. The average molecular weight is 210 g/mol. The Labute approximate surface area is 85.3 Å². The molecule has 5 nitrogen and oxygen atoms in total. The maximum absolute atomic E-state index is 9.37. The van der Waals surface area contributed by atoms with E-state index in [0.29, 0.717) is 0 Å². The summed E-state index contributed by atoms with van der Waals surface area (Å²) in [5.74, 6) is -0.745. The van der Waals surface area contributed by atoms with Gasteiger partial charge >= 0.3 is 5.97 Å². The summed E-state index contributed by atoms with van der Waals surface area (Å²) in [7, 11) is 0. The zero-order valence-corrected chi connectivity index (χ0v) is 9.19. The lowest BCUT2D eigenvalue weighted by Gasteiger charge is -1.86. The third-order valence-electron chi connectivity index (χ3n) is 0.811. The first-order valence-corrected chi connectivity index (χ1v) is 4.61. The molecule has 0 saturated carbocycles. The number of hydrogen-bond donors (Lipinski definition) is 3. The van der Waals surface area contributed by atoms with Crippen molar-refractivity contribution in [3.05, 3.63) is 0 Å². The van der Waals surface area contributed by atoms with Crippen LogP contribution >= 0.6 is 0 Å². The molecule has 0 fully saturated rings. The van der Waals surface area contributed by atoms with E-state index in [1.165, 1.54) is 0 Å². The molecule has 0 aromatic heterocycles. The Bertz CT molecular complexity index is 91.2. The zero-order chi connectivity index (χ0) is 11.8. The van der Waals surface area contributed by atoms with Crippen molar-refractivity contribution in [2.24, 2.45) is 0 Å². The molecule has 0 atom stereocenters. The van der Waals surface area contributed by atoms with Crippen LogP contribution in [0.5, 0.6) is 0 Å². The van der Waals surface area contributed by atoms with E-state index in [-0.39, 0.29) is 19.6 Å². The normalized spacial score (nSPS) is 7.79. The molecular weight excluding hydrogens is 188 g/mol. The summed E-state index contributed by atoms with van der Waals surface area (Å²) in [5.41, 5.74) is 0. The molecule has 3 N–H and O–H groups in total. The van der Waals surface area contributed by atoms with Gasteiger partial charge in [-0.1, -0.05) is 6.92 Å². The first-order chi connectivity index (χ1) is 6.60. The molecule has 0 unspecified atom stereocenters. The van der Waals surface area contributed by atoms with Crippen molar-refractivity contribution >= 4 is 5.97 Å². The van der Waals surface area contributed by atoms with Gasteiger partial charge in [0.25, 0.3) is 0 Å². The predicted octanol–water partition coefficient (Wildman–Crippen LogP) is 0.495. The molecule has 0 radical (unpaired) electrons. The van der Waals surface area contributed by atoms with Crippen LogP contribution in [-0.2, 0) is 9.53 Å². The molecule has 5 heteroatoms. The second-order valence-electron chi connectivity index (χ2n) is 1.98. The van der Waals surface area contributed by atoms with Crippen molar-refractivity contribution in [2.45, 2.75) is 27.2 Å². The summed E-state index contributed by atoms with van der Waals surface area (Å²) < 4.78 is 4.83. The Hall–Kier alpha value is -0.650. The maximum atomic E-state index is 9.37. The van der Waals surface area contributed by atoms with Gasteiger partial charge in [-0.2, -0.15) is 0 Å².